The number of hydrogen-bond acceptors (Lipinski definition) is 2. The van der Waals surface area contributed by atoms with E-state index in [2.05, 4.69) is 34.3 Å². The molecule has 0 radical (unpaired) electrons. The van der Waals surface area contributed by atoms with Gasteiger partial charge in [-0.25, -0.2) is 0 Å². The third-order valence-corrected chi connectivity index (χ3v) is 7.42. The minimum Gasteiger partial charge on any atom is -0.389 e. The number of aliphatic hydroxyl groups is 2. The Morgan fingerprint density at radius 3 is 2.41 bits per heavy atom. The maximum absolute atomic E-state index is 11.6. The van der Waals surface area contributed by atoms with Gasteiger partial charge in [0.25, 0.3) is 0 Å². The van der Waals surface area contributed by atoms with E-state index in [1.165, 1.54) is 17.6 Å². The minimum atomic E-state index is -1.03. The van der Waals surface area contributed by atoms with E-state index in [1.54, 1.807) is 0 Å². The van der Waals surface area contributed by atoms with Crippen LogP contribution in [-0.2, 0) is 0 Å². The maximum Gasteiger partial charge on any atom is 0.100 e. The highest BCUT2D eigenvalue weighted by Gasteiger charge is 2.59. The van der Waals surface area contributed by atoms with Crippen LogP contribution in [0.2, 0.25) is 0 Å². The Hall–Kier alpha value is -0.600. The molecule has 3 aliphatic rings. The van der Waals surface area contributed by atoms with Crippen molar-refractivity contribution in [3.05, 3.63) is 23.3 Å². The maximum atomic E-state index is 11.6. The van der Waals surface area contributed by atoms with E-state index in [-0.39, 0.29) is 16.7 Å². The molecule has 3 rings (SSSR count). The molecule has 0 aromatic rings. The summed E-state index contributed by atoms with van der Waals surface area (Å²) in [6, 6.07) is 0. The van der Waals surface area contributed by atoms with Crippen LogP contribution in [0.4, 0.5) is 0 Å². The van der Waals surface area contributed by atoms with Crippen molar-refractivity contribution in [2.24, 2.45) is 16.7 Å². The van der Waals surface area contributed by atoms with Crippen molar-refractivity contribution in [1.82, 2.24) is 0 Å². The van der Waals surface area contributed by atoms with Gasteiger partial charge in [0.15, 0.2) is 0 Å². The van der Waals surface area contributed by atoms with Crippen LogP contribution in [0.3, 0.4) is 0 Å². The van der Waals surface area contributed by atoms with Crippen molar-refractivity contribution in [3.63, 3.8) is 0 Å². The third-order valence-electron chi connectivity index (χ3n) is 7.42. The summed E-state index contributed by atoms with van der Waals surface area (Å²) in [6.45, 7) is 13.1. The van der Waals surface area contributed by atoms with Crippen molar-refractivity contribution in [1.29, 1.82) is 0 Å². The van der Waals surface area contributed by atoms with Gasteiger partial charge in [-0.3, -0.25) is 0 Å². The fourth-order valence-corrected chi connectivity index (χ4v) is 5.77. The van der Waals surface area contributed by atoms with Crippen LogP contribution in [0.25, 0.3) is 0 Å². The van der Waals surface area contributed by atoms with Crippen LogP contribution < -0.4 is 0 Å². The molecule has 2 nitrogen and oxygen atoms in total. The van der Waals surface area contributed by atoms with Crippen LogP contribution in [0.15, 0.2) is 23.3 Å². The lowest BCUT2D eigenvalue weighted by atomic mass is 9.50. The molecule has 22 heavy (non-hydrogen) atoms. The molecule has 0 aromatic carbocycles. The molecule has 2 saturated carbocycles. The topological polar surface area (TPSA) is 40.5 Å². The van der Waals surface area contributed by atoms with Crippen LogP contribution >= 0.6 is 0 Å². The molecule has 2 N–H and O–H groups in total. The number of fused-ring (bicyclic) bond motifs is 3. The van der Waals surface area contributed by atoms with Crippen molar-refractivity contribution in [3.8, 4) is 0 Å². The molecular formula is C20H32O2. The third kappa shape index (κ3) is 1.99. The molecule has 0 spiro atoms. The van der Waals surface area contributed by atoms with E-state index >= 15 is 0 Å². The summed E-state index contributed by atoms with van der Waals surface area (Å²) in [5.74, 6) is 0.0329. The number of aliphatic hydroxyl groups excluding tert-OH is 1. The van der Waals surface area contributed by atoms with Gasteiger partial charge in [0, 0.05) is 11.3 Å². The zero-order valence-corrected chi connectivity index (χ0v) is 14.7. The minimum absolute atomic E-state index is 0.0329. The first kappa shape index (κ1) is 16.3. The normalized spacial score (nSPS) is 45.1. The molecule has 124 valence electrons. The predicted octanol–water partition coefficient (Wildman–Crippen LogP) is 4.37. The Kier molecular flexibility index (Phi) is 3.66. The SMILES string of the molecule is C=C1CCC[C@@]2(C)CCC3=C(C)CC[C@@](O)([C@@H](O)[C@H]12)C3(C)C. The second kappa shape index (κ2) is 4.95. The first-order valence-corrected chi connectivity index (χ1v) is 8.91. The van der Waals surface area contributed by atoms with Crippen molar-refractivity contribution >= 4 is 0 Å². The highest BCUT2D eigenvalue weighted by Crippen LogP contribution is 2.60. The molecule has 0 aliphatic heterocycles. The molecule has 0 amide bonds. The summed E-state index contributed by atoms with van der Waals surface area (Å²) >= 11 is 0. The second-order valence-corrected chi connectivity index (χ2v) is 8.90. The Balaban J connectivity index is 2.15. The van der Waals surface area contributed by atoms with Gasteiger partial charge in [-0.15, -0.1) is 0 Å². The van der Waals surface area contributed by atoms with Gasteiger partial charge < -0.3 is 10.2 Å². The first-order valence-electron chi connectivity index (χ1n) is 8.91. The molecule has 2 bridgehead atoms. The number of allylic oxidation sites excluding steroid dienone is 1. The quantitative estimate of drug-likeness (QED) is 0.652. The molecule has 3 aliphatic carbocycles. The van der Waals surface area contributed by atoms with Gasteiger partial charge in [0.05, 0.1) is 6.10 Å². The second-order valence-electron chi connectivity index (χ2n) is 8.90. The highest BCUT2D eigenvalue weighted by molar-refractivity contribution is 5.33. The van der Waals surface area contributed by atoms with Gasteiger partial charge >= 0.3 is 0 Å². The molecule has 0 unspecified atom stereocenters. The molecule has 2 fully saturated rings. The van der Waals surface area contributed by atoms with Crippen LogP contribution in [0.1, 0.15) is 72.6 Å². The van der Waals surface area contributed by atoms with Gasteiger partial charge in [-0.1, -0.05) is 44.1 Å². The summed E-state index contributed by atoms with van der Waals surface area (Å²) in [4.78, 5) is 0. The fourth-order valence-electron chi connectivity index (χ4n) is 5.77. The Labute approximate surface area is 135 Å². The van der Waals surface area contributed by atoms with Gasteiger partial charge in [-0.2, -0.15) is 0 Å². The van der Waals surface area contributed by atoms with Gasteiger partial charge in [0.1, 0.15) is 5.60 Å². The lowest BCUT2D eigenvalue weighted by molar-refractivity contribution is -0.183. The predicted molar refractivity (Wildman–Crippen MR) is 90.5 cm³/mol. The average Bonchev–Trinajstić information content (AvgIpc) is 2.42. The molecule has 2 heteroatoms. The average molecular weight is 304 g/mol. The summed E-state index contributed by atoms with van der Waals surface area (Å²) in [6.07, 6.45) is 6.31. The Morgan fingerprint density at radius 1 is 1.05 bits per heavy atom. The summed E-state index contributed by atoms with van der Waals surface area (Å²) in [7, 11) is 0. The van der Waals surface area contributed by atoms with Gasteiger partial charge in [0.2, 0.25) is 0 Å². The van der Waals surface area contributed by atoms with Crippen LogP contribution in [-0.4, -0.2) is 21.9 Å². The van der Waals surface area contributed by atoms with E-state index in [9.17, 15) is 10.2 Å². The van der Waals surface area contributed by atoms with Crippen molar-refractivity contribution < 1.29 is 10.2 Å². The molecule has 0 saturated heterocycles. The van der Waals surface area contributed by atoms with Crippen LogP contribution in [0, 0.1) is 16.7 Å². The lowest BCUT2D eigenvalue weighted by Crippen LogP contribution is -2.62. The molecule has 0 aromatic heterocycles. The zero-order chi connectivity index (χ0) is 16.3. The Morgan fingerprint density at radius 2 is 1.73 bits per heavy atom. The highest BCUT2D eigenvalue weighted by atomic mass is 16.3. The smallest absolute Gasteiger partial charge is 0.100 e. The van der Waals surface area contributed by atoms with Crippen LogP contribution in [0.5, 0.6) is 0 Å². The van der Waals surface area contributed by atoms with Gasteiger partial charge in [-0.05, 0) is 57.3 Å². The van der Waals surface area contributed by atoms with Crippen molar-refractivity contribution in [2.45, 2.75) is 84.3 Å². The van der Waals surface area contributed by atoms with E-state index in [1.807, 2.05) is 0 Å². The molecular weight excluding hydrogens is 272 g/mol. The number of hydrogen-bond donors (Lipinski definition) is 2. The zero-order valence-electron chi connectivity index (χ0n) is 14.7. The first-order chi connectivity index (χ1) is 10.1. The van der Waals surface area contributed by atoms with E-state index < -0.39 is 11.7 Å². The Bertz CT molecular complexity index is 530. The van der Waals surface area contributed by atoms with Crippen molar-refractivity contribution in [2.75, 3.05) is 0 Å². The summed E-state index contributed by atoms with van der Waals surface area (Å²) in [5.41, 5.74) is 2.65. The summed E-state index contributed by atoms with van der Waals surface area (Å²) in [5, 5.41) is 22.9. The number of rotatable bonds is 0. The standard InChI is InChI=1S/C20H32O2/c1-13-8-12-20(22)17(21)16-14(2)7-6-10-19(16,5)11-9-15(13)18(20,3)4/h16-17,21-22H,2,6-12H2,1,3-5H3/t16-,17-,19-,20+/m0/s1. The summed E-state index contributed by atoms with van der Waals surface area (Å²) < 4.78 is 0. The van der Waals surface area contributed by atoms with E-state index in [0.29, 0.717) is 6.42 Å². The molecule has 4 atom stereocenters. The van der Waals surface area contributed by atoms with E-state index in [4.69, 9.17) is 0 Å². The fraction of sp³-hybridized carbons (Fsp3) is 0.800. The lowest BCUT2D eigenvalue weighted by Gasteiger charge is -2.58. The monoisotopic (exact) mass is 304 g/mol. The molecule has 0 heterocycles. The largest absolute Gasteiger partial charge is 0.389 e. The van der Waals surface area contributed by atoms with E-state index in [0.717, 1.165) is 37.7 Å².